The number of esters is 4. The van der Waals surface area contributed by atoms with Crippen LogP contribution in [0.2, 0.25) is 0 Å². The Morgan fingerprint density at radius 3 is 1.00 bits per heavy atom. The van der Waals surface area contributed by atoms with Crippen molar-refractivity contribution >= 4 is 39.5 Å². The lowest BCUT2D eigenvalue weighted by molar-refractivity contribution is -0.161. The van der Waals surface area contributed by atoms with Gasteiger partial charge in [-0.1, -0.05) is 221 Å². The van der Waals surface area contributed by atoms with E-state index in [0.29, 0.717) is 31.6 Å². The molecule has 0 spiro atoms. The third kappa shape index (κ3) is 50.3. The van der Waals surface area contributed by atoms with Gasteiger partial charge >= 0.3 is 39.5 Å². The van der Waals surface area contributed by atoms with Gasteiger partial charge in [0.2, 0.25) is 0 Å². The van der Waals surface area contributed by atoms with Crippen molar-refractivity contribution in [1.29, 1.82) is 0 Å². The van der Waals surface area contributed by atoms with Crippen LogP contribution >= 0.6 is 15.6 Å². The van der Waals surface area contributed by atoms with Crippen LogP contribution in [0.1, 0.15) is 273 Å². The summed E-state index contributed by atoms with van der Waals surface area (Å²) in [5.41, 5.74) is 0. The number of aliphatic hydroxyl groups is 1. The van der Waals surface area contributed by atoms with Gasteiger partial charge in [-0.2, -0.15) is 0 Å². The number of phosphoric ester groups is 2. The zero-order chi connectivity index (χ0) is 56.6. The Morgan fingerprint density at radius 1 is 0.382 bits per heavy atom. The van der Waals surface area contributed by atoms with Gasteiger partial charge in [0.1, 0.15) is 19.3 Å². The highest BCUT2D eigenvalue weighted by atomic mass is 31.2. The molecule has 0 bridgehead atoms. The molecule has 0 heterocycles. The van der Waals surface area contributed by atoms with Crippen LogP contribution in [-0.2, 0) is 65.4 Å². The zero-order valence-electron chi connectivity index (χ0n) is 48.5. The highest BCUT2D eigenvalue weighted by Crippen LogP contribution is 2.45. The summed E-state index contributed by atoms with van der Waals surface area (Å²) in [5.74, 6) is -0.752. The highest BCUT2D eigenvalue weighted by Gasteiger charge is 2.30. The van der Waals surface area contributed by atoms with Crippen LogP contribution in [-0.4, -0.2) is 96.7 Å². The first-order chi connectivity index (χ1) is 36.4. The van der Waals surface area contributed by atoms with E-state index in [1.165, 1.54) is 77.0 Å². The molecule has 0 rings (SSSR count). The first kappa shape index (κ1) is 74.1. The molecule has 19 heteroatoms. The number of carbonyl (C=O) groups excluding carboxylic acids is 4. The predicted octanol–water partition coefficient (Wildman–Crippen LogP) is 14.9. The van der Waals surface area contributed by atoms with E-state index in [0.717, 1.165) is 109 Å². The Balaban J connectivity index is 5.23. The lowest BCUT2D eigenvalue weighted by Gasteiger charge is -2.21. The second-order valence-corrected chi connectivity index (χ2v) is 24.3. The molecule has 0 radical (unpaired) electrons. The SMILES string of the molecule is CCCCCCCCCCCC(=O)O[C@H](COC(=O)CCCCCCCCCC)COP(=O)(O)OC[C@H](O)COP(=O)(O)OC[C@@H](COC(=O)CCCCCCCCC(C)C)OC(=O)CCCCCCCCC(C)CC. The maximum Gasteiger partial charge on any atom is 0.472 e. The minimum absolute atomic E-state index is 0.102. The number of hydrogen-bond acceptors (Lipinski definition) is 15. The predicted molar refractivity (Wildman–Crippen MR) is 298 cm³/mol. The first-order valence-electron chi connectivity index (χ1n) is 30.0. The average Bonchev–Trinajstić information content (AvgIpc) is 3.38. The zero-order valence-corrected chi connectivity index (χ0v) is 50.3. The van der Waals surface area contributed by atoms with Crippen LogP contribution in [0.3, 0.4) is 0 Å². The third-order valence-corrected chi connectivity index (χ3v) is 15.2. The van der Waals surface area contributed by atoms with Crippen molar-refractivity contribution in [2.45, 2.75) is 291 Å². The molecule has 0 aromatic rings. The molecule has 0 aliphatic heterocycles. The van der Waals surface area contributed by atoms with Crippen LogP contribution in [0, 0.1) is 11.8 Å². The van der Waals surface area contributed by atoms with E-state index in [4.69, 9.17) is 37.0 Å². The fourth-order valence-corrected chi connectivity index (χ4v) is 9.84. The Kier molecular flexibility index (Phi) is 48.8. The number of rotatable bonds is 56. The van der Waals surface area contributed by atoms with Crippen LogP contribution in [0.15, 0.2) is 0 Å². The smallest absolute Gasteiger partial charge is 0.462 e. The first-order valence-corrected chi connectivity index (χ1v) is 33.0. The van der Waals surface area contributed by atoms with E-state index in [1.54, 1.807) is 0 Å². The number of carbonyl (C=O) groups is 4. The molecule has 17 nitrogen and oxygen atoms in total. The van der Waals surface area contributed by atoms with Crippen molar-refractivity contribution in [3.05, 3.63) is 0 Å². The van der Waals surface area contributed by atoms with E-state index in [1.807, 2.05) is 0 Å². The van der Waals surface area contributed by atoms with E-state index in [9.17, 15) is 43.2 Å². The standard InChI is InChI=1S/C57H110O17P2/c1-7-10-12-14-16-18-20-29-35-41-56(61)73-52(45-67-54(59)39-33-27-19-17-15-13-11-8-2)47-71-75(63,64)69-43-51(58)44-70-76(65,66)72-48-53(46-68-55(60)40-34-28-23-21-25-31-37-49(4)5)74-57(62)42-36-30-24-22-26-32-38-50(6)9-3/h49-53,58H,7-48H2,1-6H3,(H,63,64)(H,65,66)/t50?,51-,52+,53+/m0/s1. The summed E-state index contributed by atoms with van der Waals surface area (Å²) in [7, 11) is -9.87. The second-order valence-electron chi connectivity index (χ2n) is 21.4. The molecule has 0 aliphatic carbocycles. The van der Waals surface area contributed by atoms with Gasteiger partial charge in [0.25, 0.3) is 0 Å². The van der Waals surface area contributed by atoms with Crippen LogP contribution in [0.25, 0.3) is 0 Å². The fraction of sp³-hybridized carbons (Fsp3) is 0.930. The van der Waals surface area contributed by atoms with E-state index >= 15 is 0 Å². The average molecular weight is 1130 g/mol. The van der Waals surface area contributed by atoms with Crippen LogP contribution in [0.5, 0.6) is 0 Å². The molecule has 0 aromatic carbocycles. The molecule has 0 saturated carbocycles. The summed E-state index contributed by atoms with van der Waals surface area (Å²) in [6.45, 7) is 9.26. The summed E-state index contributed by atoms with van der Waals surface area (Å²) < 4.78 is 67.5. The lowest BCUT2D eigenvalue weighted by Crippen LogP contribution is -2.30. The molecule has 6 atom stereocenters. The number of ether oxygens (including phenoxy) is 4. The molecule has 450 valence electrons. The van der Waals surface area contributed by atoms with Gasteiger partial charge < -0.3 is 33.8 Å². The van der Waals surface area contributed by atoms with Gasteiger partial charge in [-0.3, -0.25) is 37.3 Å². The summed E-state index contributed by atoms with van der Waals surface area (Å²) in [6, 6.07) is 0. The molecular weight excluding hydrogens is 1020 g/mol. The van der Waals surface area contributed by atoms with E-state index < -0.39 is 97.5 Å². The highest BCUT2D eigenvalue weighted by molar-refractivity contribution is 7.47. The van der Waals surface area contributed by atoms with Gasteiger partial charge in [0.05, 0.1) is 26.4 Å². The molecule has 0 aliphatic rings. The molecule has 0 aromatic heterocycles. The molecule has 3 N–H and O–H groups in total. The lowest BCUT2D eigenvalue weighted by atomic mass is 10.00. The number of phosphoric acid groups is 2. The molecule has 0 saturated heterocycles. The van der Waals surface area contributed by atoms with Crippen molar-refractivity contribution in [3.63, 3.8) is 0 Å². The maximum atomic E-state index is 12.9. The Labute approximate surface area is 460 Å². The van der Waals surface area contributed by atoms with E-state index in [-0.39, 0.29) is 25.7 Å². The molecule has 0 amide bonds. The Morgan fingerprint density at radius 2 is 0.671 bits per heavy atom. The van der Waals surface area contributed by atoms with Gasteiger partial charge in [0, 0.05) is 25.7 Å². The van der Waals surface area contributed by atoms with Gasteiger partial charge in [-0.05, 0) is 37.5 Å². The van der Waals surface area contributed by atoms with E-state index in [2.05, 4.69) is 41.5 Å². The quantitative estimate of drug-likeness (QED) is 0.0222. The second kappa shape index (κ2) is 50.1. The molecule has 76 heavy (non-hydrogen) atoms. The monoisotopic (exact) mass is 1130 g/mol. The van der Waals surface area contributed by atoms with Crippen molar-refractivity contribution in [3.8, 4) is 0 Å². The van der Waals surface area contributed by atoms with Crippen molar-refractivity contribution in [2.24, 2.45) is 11.8 Å². The van der Waals surface area contributed by atoms with Crippen LogP contribution < -0.4 is 0 Å². The summed E-state index contributed by atoms with van der Waals surface area (Å²) in [5, 5.41) is 10.5. The number of aliphatic hydroxyl groups excluding tert-OH is 1. The molecular formula is C57H110O17P2. The molecule has 0 fully saturated rings. The van der Waals surface area contributed by atoms with Gasteiger partial charge in [0.15, 0.2) is 12.2 Å². The fourth-order valence-electron chi connectivity index (χ4n) is 8.26. The minimum Gasteiger partial charge on any atom is -0.462 e. The largest absolute Gasteiger partial charge is 0.472 e. The van der Waals surface area contributed by atoms with Gasteiger partial charge in [-0.15, -0.1) is 0 Å². The van der Waals surface area contributed by atoms with Crippen molar-refractivity contribution < 1.29 is 80.2 Å². The maximum absolute atomic E-state index is 12.9. The Hall–Kier alpha value is -1.94. The third-order valence-electron chi connectivity index (χ3n) is 13.3. The molecule has 3 unspecified atom stereocenters. The van der Waals surface area contributed by atoms with Crippen molar-refractivity contribution in [1.82, 2.24) is 0 Å². The summed E-state index contributed by atoms with van der Waals surface area (Å²) >= 11 is 0. The Bertz CT molecular complexity index is 1520. The van der Waals surface area contributed by atoms with Gasteiger partial charge in [-0.25, -0.2) is 9.13 Å². The summed E-state index contributed by atoms with van der Waals surface area (Å²) in [6.07, 6.45) is 29.6. The minimum atomic E-state index is -4.93. The van der Waals surface area contributed by atoms with Crippen LogP contribution in [0.4, 0.5) is 0 Å². The summed E-state index contributed by atoms with van der Waals surface area (Å²) in [4.78, 5) is 71.7. The van der Waals surface area contributed by atoms with Crippen molar-refractivity contribution in [2.75, 3.05) is 39.6 Å². The number of unbranched alkanes of at least 4 members (excludes halogenated alkanes) is 25. The normalized spacial score (nSPS) is 14.9. The number of hydrogen-bond donors (Lipinski definition) is 3. The topological polar surface area (TPSA) is 237 Å².